The zero-order valence-electron chi connectivity index (χ0n) is 14.5. The van der Waals surface area contributed by atoms with Crippen LogP contribution in [0.3, 0.4) is 0 Å². The van der Waals surface area contributed by atoms with Gasteiger partial charge in [-0.05, 0) is 44.2 Å². The van der Waals surface area contributed by atoms with Gasteiger partial charge in [0.2, 0.25) is 0 Å². The maximum Gasteiger partial charge on any atom is 0.122 e. The molecule has 3 nitrogen and oxygen atoms in total. The van der Waals surface area contributed by atoms with E-state index in [4.69, 9.17) is 4.74 Å². The van der Waals surface area contributed by atoms with Gasteiger partial charge in [-0.1, -0.05) is 38.5 Å². The Morgan fingerprint density at radius 2 is 1.82 bits per heavy atom. The summed E-state index contributed by atoms with van der Waals surface area (Å²) in [5.74, 6) is 1.33. The summed E-state index contributed by atoms with van der Waals surface area (Å²) in [7, 11) is 0. The van der Waals surface area contributed by atoms with Crippen LogP contribution in [0.25, 0.3) is 0 Å². The third kappa shape index (κ3) is 4.47. The molecule has 1 N–H and O–H groups in total. The van der Waals surface area contributed by atoms with Gasteiger partial charge >= 0.3 is 0 Å². The number of ether oxygens (including phenoxy) is 1. The number of nitrogens with zero attached hydrogens (tertiary/aromatic N) is 1. The fraction of sp³-hybridized carbons (Fsp3) is 0.684. The molecule has 3 heteroatoms. The highest BCUT2D eigenvalue weighted by Gasteiger charge is 2.26. The fourth-order valence-corrected chi connectivity index (χ4v) is 3.41. The van der Waals surface area contributed by atoms with Gasteiger partial charge < -0.3 is 9.84 Å². The summed E-state index contributed by atoms with van der Waals surface area (Å²) < 4.78 is 5.90. The molecular weight excluding hydrogens is 274 g/mol. The van der Waals surface area contributed by atoms with E-state index < -0.39 is 6.10 Å². The first-order valence-electron chi connectivity index (χ1n) is 8.64. The monoisotopic (exact) mass is 305 g/mol. The SMILES string of the molecule is CC(C)c1ccccc1OC[C@H](O)CN1[C@H](C)CCC[C@H]1C. The van der Waals surface area contributed by atoms with Crippen molar-refractivity contribution in [3.05, 3.63) is 29.8 Å². The second kappa shape index (κ2) is 7.98. The van der Waals surface area contributed by atoms with E-state index in [0.29, 0.717) is 31.2 Å². The topological polar surface area (TPSA) is 32.7 Å². The molecule has 0 aliphatic carbocycles. The first-order chi connectivity index (χ1) is 10.5. The van der Waals surface area contributed by atoms with Crippen LogP contribution in [0.4, 0.5) is 0 Å². The third-order valence-corrected chi connectivity index (χ3v) is 4.77. The van der Waals surface area contributed by atoms with Crippen molar-refractivity contribution in [1.82, 2.24) is 4.90 Å². The van der Waals surface area contributed by atoms with Gasteiger partial charge in [-0.25, -0.2) is 0 Å². The molecule has 1 aromatic rings. The standard InChI is InChI=1S/C19H31NO2/c1-14(2)18-10-5-6-11-19(18)22-13-17(21)12-20-15(3)8-7-9-16(20)4/h5-6,10-11,14-17,21H,7-9,12-13H2,1-4H3/t15-,16-,17-/m1/s1. The summed E-state index contributed by atoms with van der Waals surface area (Å²) in [5, 5.41) is 10.4. The largest absolute Gasteiger partial charge is 0.491 e. The Bertz CT molecular complexity index is 451. The second-order valence-corrected chi connectivity index (χ2v) is 6.98. The van der Waals surface area contributed by atoms with Crippen LogP contribution in [0.5, 0.6) is 5.75 Å². The molecule has 0 saturated carbocycles. The average molecular weight is 305 g/mol. The number of hydrogen-bond acceptors (Lipinski definition) is 3. The van der Waals surface area contributed by atoms with E-state index >= 15 is 0 Å². The lowest BCUT2D eigenvalue weighted by Crippen LogP contribution is -2.48. The van der Waals surface area contributed by atoms with Crippen LogP contribution >= 0.6 is 0 Å². The van der Waals surface area contributed by atoms with Gasteiger partial charge in [-0.3, -0.25) is 4.90 Å². The molecule has 3 atom stereocenters. The Balaban J connectivity index is 1.89. The molecule has 1 saturated heterocycles. The molecule has 1 fully saturated rings. The fourth-order valence-electron chi connectivity index (χ4n) is 3.41. The second-order valence-electron chi connectivity index (χ2n) is 6.98. The maximum atomic E-state index is 10.4. The lowest BCUT2D eigenvalue weighted by Gasteiger charge is -2.40. The quantitative estimate of drug-likeness (QED) is 0.867. The Labute approximate surface area is 135 Å². The highest BCUT2D eigenvalue weighted by Crippen LogP contribution is 2.26. The molecule has 1 aliphatic heterocycles. The number of aliphatic hydroxyl groups excluding tert-OH is 1. The van der Waals surface area contributed by atoms with Crippen LogP contribution in [-0.4, -0.2) is 41.3 Å². The Kier molecular flexibility index (Phi) is 6.27. The molecule has 0 unspecified atom stereocenters. The smallest absolute Gasteiger partial charge is 0.122 e. The molecular formula is C19H31NO2. The van der Waals surface area contributed by atoms with Crippen molar-refractivity contribution in [3.63, 3.8) is 0 Å². The van der Waals surface area contributed by atoms with Crippen molar-refractivity contribution >= 4 is 0 Å². The van der Waals surface area contributed by atoms with E-state index in [1.807, 2.05) is 18.2 Å². The minimum Gasteiger partial charge on any atom is -0.491 e. The van der Waals surface area contributed by atoms with E-state index in [1.165, 1.54) is 24.8 Å². The third-order valence-electron chi connectivity index (χ3n) is 4.77. The van der Waals surface area contributed by atoms with Gasteiger partial charge in [0.1, 0.15) is 18.5 Å². The number of benzene rings is 1. The number of piperidine rings is 1. The Morgan fingerprint density at radius 3 is 2.45 bits per heavy atom. The van der Waals surface area contributed by atoms with Gasteiger partial charge in [0.15, 0.2) is 0 Å². The van der Waals surface area contributed by atoms with Crippen molar-refractivity contribution in [3.8, 4) is 5.75 Å². The minimum atomic E-state index is -0.441. The van der Waals surface area contributed by atoms with Gasteiger partial charge in [0, 0.05) is 18.6 Å². The van der Waals surface area contributed by atoms with E-state index in [0.717, 1.165) is 5.75 Å². The molecule has 1 aromatic carbocycles. The van der Waals surface area contributed by atoms with Crippen LogP contribution in [0.1, 0.15) is 58.4 Å². The number of para-hydroxylation sites is 1. The Hall–Kier alpha value is -1.06. The molecule has 1 heterocycles. The molecule has 2 rings (SSSR count). The summed E-state index contributed by atoms with van der Waals surface area (Å²) >= 11 is 0. The van der Waals surface area contributed by atoms with E-state index in [9.17, 15) is 5.11 Å². The maximum absolute atomic E-state index is 10.4. The van der Waals surface area contributed by atoms with Gasteiger partial charge in [-0.15, -0.1) is 0 Å². The van der Waals surface area contributed by atoms with Crippen LogP contribution < -0.4 is 4.74 Å². The summed E-state index contributed by atoms with van der Waals surface area (Å²) in [5.41, 5.74) is 1.20. The van der Waals surface area contributed by atoms with E-state index in [1.54, 1.807) is 0 Å². The van der Waals surface area contributed by atoms with E-state index in [-0.39, 0.29) is 0 Å². The van der Waals surface area contributed by atoms with E-state index in [2.05, 4.69) is 38.7 Å². The molecule has 0 aromatic heterocycles. The first kappa shape index (κ1) is 17.3. The lowest BCUT2D eigenvalue weighted by atomic mass is 9.97. The van der Waals surface area contributed by atoms with Crippen LogP contribution in [-0.2, 0) is 0 Å². The molecule has 1 aliphatic rings. The van der Waals surface area contributed by atoms with Crippen LogP contribution in [0.2, 0.25) is 0 Å². The summed E-state index contributed by atoms with van der Waals surface area (Å²) in [6, 6.07) is 9.23. The number of rotatable bonds is 6. The highest BCUT2D eigenvalue weighted by molar-refractivity contribution is 5.35. The highest BCUT2D eigenvalue weighted by atomic mass is 16.5. The van der Waals surface area contributed by atoms with Crippen molar-refractivity contribution in [2.45, 2.75) is 71.1 Å². The van der Waals surface area contributed by atoms with Crippen molar-refractivity contribution in [2.75, 3.05) is 13.2 Å². The predicted octanol–water partition coefficient (Wildman–Crippen LogP) is 3.81. The summed E-state index contributed by atoms with van der Waals surface area (Å²) in [6.45, 7) is 9.91. The molecule has 0 bridgehead atoms. The molecule has 0 radical (unpaired) electrons. The summed E-state index contributed by atoms with van der Waals surface area (Å²) in [4.78, 5) is 2.42. The van der Waals surface area contributed by atoms with Crippen molar-refractivity contribution < 1.29 is 9.84 Å². The zero-order valence-corrected chi connectivity index (χ0v) is 14.5. The van der Waals surface area contributed by atoms with Crippen LogP contribution in [0.15, 0.2) is 24.3 Å². The summed E-state index contributed by atoms with van der Waals surface area (Å²) in [6.07, 6.45) is 3.32. The van der Waals surface area contributed by atoms with Gasteiger partial charge in [-0.2, -0.15) is 0 Å². The van der Waals surface area contributed by atoms with Crippen molar-refractivity contribution in [2.24, 2.45) is 0 Å². The van der Waals surface area contributed by atoms with Gasteiger partial charge in [0.25, 0.3) is 0 Å². The zero-order chi connectivity index (χ0) is 16.1. The number of likely N-dealkylation sites (tertiary alicyclic amines) is 1. The molecule has 22 heavy (non-hydrogen) atoms. The number of β-amino-alcohol motifs (C(OH)–C–C–N with tert-alkyl or cyclic N) is 1. The normalized spacial score (nSPS) is 24.5. The molecule has 124 valence electrons. The van der Waals surface area contributed by atoms with Gasteiger partial charge in [0.05, 0.1) is 0 Å². The van der Waals surface area contributed by atoms with Crippen molar-refractivity contribution in [1.29, 1.82) is 0 Å². The minimum absolute atomic E-state index is 0.361. The number of hydrogen-bond donors (Lipinski definition) is 1. The first-order valence-corrected chi connectivity index (χ1v) is 8.64. The predicted molar refractivity (Wildman–Crippen MR) is 91.5 cm³/mol. The van der Waals surface area contributed by atoms with Crippen LogP contribution in [0, 0.1) is 0 Å². The Morgan fingerprint density at radius 1 is 1.18 bits per heavy atom. The molecule has 0 amide bonds. The lowest BCUT2D eigenvalue weighted by molar-refractivity contribution is 0.0207. The average Bonchev–Trinajstić information content (AvgIpc) is 2.49. The molecule has 0 spiro atoms. The number of aliphatic hydroxyl groups is 1.